The number of carbonyl (C=O) groups excluding carboxylic acids is 2. The van der Waals surface area contributed by atoms with E-state index in [0.717, 1.165) is 11.6 Å². The van der Waals surface area contributed by atoms with Gasteiger partial charge in [0.15, 0.2) is 11.6 Å². The fourth-order valence-electron chi connectivity index (χ4n) is 2.58. The number of rotatable bonds is 6. The Morgan fingerprint density at radius 2 is 1.86 bits per heavy atom. The lowest BCUT2D eigenvalue weighted by Crippen LogP contribution is -2.29. The fourth-order valence-corrected chi connectivity index (χ4v) is 2.58. The van der Waals surface area contributed by atoms with Crippen molar-refractivity contribution in [2.45, 2.75) is 19.9 Å². The molecular formula is C20H19N5O4. The van der Waals surface area contributed by atoms with Crippen molar-refractivity contribution in [3.05, 3.63) is 76.0 Å². The smallest absolute Gasteiger partial charge is 0.338 e. The number of hydrogen-bond acceptors (Lipinski definition) is 7. The Bertz CT molecular complexity index is 1060. The summed E-state index contributed by atoms with van der Waals surface area (Å²) in [6.45, 7) is 3.82. The van der Waals surface area contributed by atoms with Crippen LogP contribution >= 0.6 is 0 Å². The van der Waals surface area contributed by atoms with E-state index >= 15 is 0 Å². The molecule has 9 heteroatoms. The van der Waals surface area contributed by atoms with Crippen LogP contribution in [0.3, 0.4) is 0 Å². The first-order valence-corrected chi connectivity index (χ1v) is 8.94. The van der Waals surface area contributed by atoms with Crippen LogP contribution in [0.5, 0.6) is 0 Å². The van der Waals surface area contributed by atoms with Crippen LogP contribution in [0.25, 0.3) is 11.6 Å². The van der Waals surface area contributed by atoms with Crippen molar-refractivity contribution < 1.29 is 14.3 Å². The van der Waals surface area contributed by atoms with Crippen LogP contribution in [0.1, 0.15) is 46.3 Å². The van der Waals surface area contributed by atoms with Gasteiger partial charge in [0.2, 0.25) is 0 Å². The number of nitrogens with zero attached hydrogens (tertiary/aromatic N) is 3. The van der Waals surface area contributed by atoms with Crippen LogP contribution in [0, 0.1) is 0 Å². The number of aromatic nitrogens is 4. The van der Waals surface area contributed by atoms with Crippen molar-refractivity contribution in [3.8, 4) is 11.6 Å². The van der Waals surface area contributed by atoms with Crippen molar-refractivity contribution in [2.24, 2.45) is 0 Å². The van der Waals surface area contributed by atoms with E-state index in [4.69, 9.17) is 4.74 Å². The highest BCUT2D eigenvalue weighted by molar-refractivity contribution is 5.93. The lowest BCUT2D eigenvalue weighted by molar-refractivity contribution is 0.0526. The van der Waals surface area contributed by atoms with Gasteiger partial charge in [0, 0.05) is 18.5 Å². The number of esters is 1. The number of ether oxygens (including phenoxy) is 1. The maximum Gasteiger partial charge on any atom is 0.338 e. The molecular weight excluding hydrogens is 374 g/mol. The monoisotopic (exact) mass is 393 g/mol. The summed E-state index contributed by atoms with van der Waals surface area (Å²) in [6.07, 6.45) is 3.02. The molecule has 0 aliphatic carbocycles. The average Bonchev–Trinajstić information content (AvgIpc) is 2.74. The molecule has 0 saturated carbocycles. The minimum atomic E-state index is -0.518. The molecule has 0 saturated heterocycles. The van der Waals surface area contributed by atoms with Gasteiger partial charge in [-0.3, -0.25) is 9.59 Å². The molecule has 0 fully saturated rings. The molecule has 1 atom stereocenters. The first-order chi connectivity index (χ1) is 14.0. The highest BCUT2D eigenvalue weighted by Gasteiger charge is 2.16. The first-order valence-electron chi connectivity index (χ1n) is 8.94. The molecule has 3 aromatic rings. The predicted molar refractivity (Wildman–Crippen MR) is 104 cm³/mol. The quantitative estimate of drug-likeness (QED) is 0.612. The van der Waals surface area contributed by atoms with Crippen molar-refractivity contribution in [1.29, 1.82) is 0 Å². The molecule has 2 aromatic heterocycles. The van der Waals surface area contributed by atoms with Crippen LogP contribution in [0.15, 0.2) is 53.6 Å². The summed E-state index contributed by atoms with van der Waals surface area (Å²) in [6, 6.07) is 9.08. The minimum absolute atomic E-state index is 0.0498. The molecule has 0 bridgehead atoms. The molecule has 3 rings (SSSR count). The Kier molecular flexibility index (Phi) is 6.08. The highest BCUT2D eigenvalue weighted by Crippen LogP contribution is 2.15. The van der Waals surface area contributed by atoms with Crippen molar-refractivity contribution in [3.63, 3.8) is 0 Å². The average molecular weight is 393 g/mol. The summed E-state index contributed by atoms with van der Waals surface area (Å²) in [4.78, 5) is 50.9. The molecule has 1 aromatic carbocycles. The molecule has 2 N–H and O–H groups in total. The molecule has 0 radical (unpaired) electrons. The van der Waals surface area contributed by atoms with Crippen molar-refractivity contribution in [2.75, 3.05) is 6.61 Å². The summed E-state index contributed by atoms with van der Waals surface area (Å²) in [7, 11) is 0. The third kappa shape index (κ3) is 4.89. The van der Waals surface area contributed by atoms with E-state index in [1.807, 2.05) is 0 Å². The summed E-state index contributed by atoms with van der Waals surface area (Å²) in [5.74, 6) is -0.606. The number of hydrogen-bond donors (Lipinski definition) is 2. The van der Waals surface area contributed by atoms with E-state index in [9.17, 15) is 14.4 Å². The maximum absolute atomic E-state index is 12.6. The zero-order chi connectivity index (χ0) is 20.8. The normalized spacial score (nSPS) is 11.5. The second-order valence-electron chi connectivity index (χ2n) is 6.09. The van der Waals surface area contributed by atoms with Gasteiger partial charge in [-0.1, -0.05) is 12.1 Å². The lowest BCUT2D eigenvalue weighted by Gasteiger charge is -2.14. The van der Waals surface area contributed by atoms with Crippen LogP contribution in [0.2, 0.25) is 0 Å². The molecule has 0 aliphatic heterocycles. The van der Waals surface area contributed by atoms with E-state index in [1.54, 1.807) is 44.2 Å². The van der Waals surface area contributed by atoms with Gasteiger partial charge in [-0.05, 0) is 37.6 Å². The van der Waals surface area contributed by atoms with E-state index in [0.29, 0.717) is 12.2 Å². The third-order valence-corrected chi connectivity index (χ3v) is 4.02. The molecule has 2 heterocycles. The van der Waals surface area contributed by atoms with Crippen LogP contribution in [0.4, 0.5) is 0 Å². The fraction of sp³-hybridized carbons (Fsp3) is 0.200. The van der Waals surface area contributed by atoms with Crippen LogP contribution in [-0.2, 0) is 4.74 Å². The van der Waals surface area contributed by atoms with Crippen LogP contribution < -0.4 is 10.9 Å². The Labute approximate surface area is 166 Å². The Balaban J connectivity index is 1.75. The Morgan fingerprint density at radius 1 is 1.17 bits per heavy atom. The largest absolute Gasteiger partial charge is 0.462 e. The van der Waals surface area contributed by atoms with Crippen LogP contribution in [-0.4, -0.2) is 38.4 Å². The third-order valence-electron chi connectivity index (χ3n) is 4.02. The first kappa shape index (κ1) is 19.9. The van der Waals surface area contributed by atoms with Gasteiger partial charge in [0.05, 0.1) is 18.2 Å². The number of carbonyl (C=O) groups is 2. The maximum atomic E-state index is 12.6. The molecule has 0 aliphatic rings. The number of aromatic amines is 1. The molecule has 0 unspecified atom stereocenters. The topological polar surface area (TPSA) is 127 Å². The lowest BCUT2D eigenvalue weighted by atomic mass is 10.1. The number of benzene rings is 1. The van der Waals surface area contributed by atoms with Gasteiger partial charge in [0.1, 0.15) is 5.69 Å². The SMILES string of the molecule is CCOC(=O)c1ccc([C@H](C)NC(=O)c2cc(=O)[nH]c(-c3ncccn3)n2)cc1. The molecule has 0 spiro atoms. The van der Waals surface area contributed by atoms with Crippen molar-refractivity contribution in [1.82, 2.24) is 25.3 Å². The predicted octanol–water partition coefficient (Wildman–Crippen LogP) is 1.89. The van der Waals surface area contributed by atoms with E-state index in [1.165, 1.54) is 12.4 Å². The van der Waals surface area contributed by atoms with E-state index < -0.39 is 17.4 Å². The second-order valence-corrected chi connectivity index (χ2v) is 6.09. The van der Waals surface area contributed by atoms with Gasteiger partial charge in [-0.15, -0.1) is 0 Å². The Morgan fingerprint density at radius 3 is 2.52 bits per heavy atom. The summed E-state index contributed by atoms with van der Waals surface area (Å²) < 4.78 is 4.95. The van der Waals surface area contributed by atoms with Crippen molar-refractivity contribution >= 4 is 11.9 Å². The zero-order valence-electron chi connectivity index (χ0n) is 15.9. The standard InChI is InChI=1S/C20H19N5O4/c1-3-29-20(28)14-7-5-13(6-8-14)12(2)23-19(27)15-11-16(26)25-18(24-15)17-21-9-4-10-22-17/h4-12H,3H2,1-2H3,(H,23,27)(H,24,25,26)/t12-/m0/s1. The minimum Gasteiger partial charge on any atom is -0.462 e. The summed E-state index contributed by atoms with van der Waals surface area (Å²) >= 11 is 0. The molecule has 29 heavy (non-hydrogen) atoms. The number of amides is 1. The van der Waals surface area contributed by atoms with Gasteiger partial charge < -0.3 is 15.0 Å². The number of H-pyrrole nitrogens is 1. The molecule has 148 valence electrons. The summed E-state index contributed by atoms with van der Waals surface area (Å²) in [5.41, 5.74) is 0.672. The second kappa shape index (κ2) is 8.87. The highest BCUT2D eigenvalue weighted by atomic mass is 16.5. The van der Waals surface area contributed by atoms with Gasteiger partial charge in [-0.2, -0.15) is 0 Å². The zero-order valence-corrected chi connectivity index (χ0v) is 15.9. The van der Waals surface area contributed by atoms with Gasteiger partial charge >= 0.3 is 5.97 Å². The molecule has 9 nitrogen and oxygen atoms in total. The van der Waals surface area contributed by atoms with Gasteiger partial charge in [-0.25, -0.2) is 19.7 Å². The summed E-state index contributed by atoms with van der Waals surface area (Å²) in [5, 5.41) is 2.78. The molecule has 1 amide bonds. The van der Waals surface area contributed by atoms with Gasteiger partial charge in [0.25, 0.3) is 11.5 Å². The van der Waals surface area contributed by atoms with E-state index in [-0.39, 0.29) is 23.4 Å². The number of nitrogens with one attached hydrogen (secondary N) is 2. The Hall–Kier alpha value is -3.88. The van der Waals surface area contributed by atoms with E-state index in [2.05, 4.69) is 25.3 Å².